The predicted octanol–water partition coefficient (Wildman–Crippen LogP) is 3.27. The van der Waals surface area contributed by atoms with Crippen LogP contribution < -0.4 is 11.1 Å². The van der Waals surface area contributed by atoms with E-state index in [9.17, 15) is 4.79 Å². The maximum atomic E-state index is 12.1. The van der Waals surface area contributed by atoms with Crippen molar-refractivity contribution in [2.75, 3.05) is 0 Å². The lowest BCUT2D eigenvalue weighted by Crippen LogP contribution is -2.36. The van der Waals surface area contributed by atoms with Crippen LogP contribution in [-0.4, -0.2) is 10.9 Å². The Kier molecular flexibility index (Phi) is 4.68. The summed E-state index contributed by atoms with van der Waals surface area (Å²) in [6.45, 7) is 0. The lowest BCUT2D eigenvalue weighted by molar-refractivity contribution is 0.0951. The molecule has 98 valence electrons. The van der Waals surface area contributed by atoms with E-state index in [-0.39, 0.29) is 10.9 Å². The Labute approximate surface area is 129 Å². The third-order valence-electron chi connectivity index (χ3n) is 2.49. The number of hydrogen-bond donors (Lipinski definition) is 2. The minimum Gasteiger partial charge on any atom is -0.391 e. The summed E-state index contributed by atoms with van der Waals surface area (Å²) in [5, 5.41) is 2.85. The van der Waals surface area contributed by atoms with Crippen LogP contribution >= 0.6 is 39.5 Å². The first-order valence-corrected chi connectivity index (χ1v) is 7.50. The first-order valence-electron chi connectivity index (χ1n) is 5.48. The second kappa shape index (κ2) is 6.27. The van der Waals surface area contributed by atoms with Gasteiger partial charge in [-0.05, 0) is 33.6 Å². The predicted molar refractivity (Wildman–Crippen MR) is 85.5 cm³/mol. The molecular weight excluding hydrogens is 344 g/mol. The number of carbonyl (C=O) groups excluding carboxylic acids is 1. The van der Waals surface area contributed by atoms with Gasteiger partial charge in [0.15, 0.2) is 0 Å². The number of rotatable bonds is 4. The zero-order valence-electron chi connectivity index (χ0n) is 9.80. The van der Waals surface area contributed by atoms with Crippen LogP contribution in [0.25, 0.3) is 0 Å². The first kappa shape index (κ1) is 14.2. The van der Waals surface area contributed by atoms with Crippen LogP contribution in [0, 0.1) is 0 Å². The summed E-state index contributed by atoms with van der Waals surface area (Å²) in [5.74, 6) is -0.183. The molecule has 0 aliphatic rings. The number of hydrogen-bond acceptors (Lipinski definition) is 3. The largest absolute Gasteiger partial charge is 0.391 e. The molecule has 1 aromatic heterocycles. The molecule has 0 saturated carbocycles. The summed E-state index contributed by atoms with van der Waals surface area (Å²) in [4.78, 5) is 13.0. The van der Waals surface area contributed by atoms with E-state index in [4.69, 9.17) is 18.0 Å². The summed E-state index contributed by atoms with van der Waals surface area (Å²) in [7, 11) is 0. The SMILES string of the molecule is NC(=S)C(NC(=O)c1ccc(Br)s1)c1ccccc1. The van der Waals surface area contributed by atoms with Crippen molar-refractivity contribution in [1.29, 1.82) is 0 Å². The van der Waals surface area contributed by atoms with Gasteiger partial charge >= 0.3 is 0 Å². The maximum absolute atomic E-state index is 12.1. The van der Waals surface area contributed by atoms with Crippen molar-refractivity contribution in [2.24, 2.45) is 5.73 Å². The van der Waals surface area contributed by atoms with Crippen LogP contribution in [0.3, 0.4) is 0 Å². The molecular formula is C13H11BrN2OS2. The van der Waals surface area contributed by atoms with Gasteiger partial charge in [-0.25, -0.2) is 0 Å². The fourth-order valence-electron chi connectivity index (χ4n) is 1.60. The van der Waals surface area contributed by atoms with Crippen molar-refractivity contribution < 1.29 is 4.79 Å². The zero-order valence-corrected chi connectivity index (χ0v) is 13.0. The van der Waals surface area contributed by atoms with Gasteiger partial charge in [-0.15, -0.1) is 11.3 Å². The van der Waals surface area contributed by atoms with Crippen LogP contribution in [0.15, 0.2) is 46.3 Å². The molecule has 1 atom stereocenters. The van der Waals surface area contributed by atoms with Crippen LogP contribution in [0.4, 0.5) is 0 Å². The highest BCUT2D eigenvalue weighted by Gasteiger charge is 2.18. The van der Waals surface area contributed by atoms with Gasteiger partial charge < -0.3 is 11.1 Å². The smallest absolute Gasteiger partial charge is 0.262 e. The molecule has 0 aliphatic heterocycles. The van der Waals surface area contributed by atoms with Crippen LogP contribution in [0.2, 0.25) is 0 Å². The Morgan fingerprint density at radius 3 is 2.47 bits per heavy atom. The van der Waals surface area contributed by atoms with Gasteiger partial charge in [0.2, 0.25) is 0 Å². The van der Waals surface area contributed by atoms with Crippen LogP contribution in [-0.2, 0) is 0 Å². The topological polar surface area (TPSA) is 55.1 Å². The van der Waals surface area contributed by atoms with Crippen molar-refractivity contribution in [1.82, 2.24) is 5.32 Å². The third-order valence-corrected chi connectivity index (χ3v) is 4.35. The summed E-state index contributed by atoms with van der Waals surface area (Å²) in [5.41, 5.74) is 6.59. The molecule has 0 saturated heterocycles. The molecule has 1 unspecified atom stereocenters. The number of amides is 1. The Bertz CT molecular complexity index is 598. The molecule has 1 heterocycles. The average Bonchev–Trinajstić information content (AvgIpc) is 2.83. The monoisotopic (exact) mass is 354 g/mol. The number of benzene rings is 1. The molecule has 0 spiro atoms. The fraction of sp³-hybridized carbons (Fsp3) is 0.0769. The van der Waals surface area contributed by atoms with Gasteiger partial charge in [-0.1, -0.05) is 42.5 Å². The standard InChI is InChI=1S/C13H11BrN2OS2/c14-10-7-6-9(19-10)13(17)16-11(12(15)18)8-4-2-1-3-5-8/h1-7,11H,(H2,15,18)(H,16,17). The minimum absolute atomic E-state index is 0.183. The van der Waals surface area contributed by atoms with Crippen LogP contribution in [0.1, 0.15) is 21.3 Å². The highest BCUT2D eigenvalue weighted by atomic mass is 79.9. The van der Waals surface area contributed by atoms with Crippen LogP contribution in [0.5, 0.6) is 0 Å². The van der Waals surface area contributed by atoms with E-state index >= 15 is 0 Å². The van der Waals surface area contributed by atoms with Gasteiger partial charge in [0, 0.05) is 0 Å². The second-order valence-corrected chi connectivity index (χ2v) is 6.76. The van der Waals surface area contributed by atoms with Crippen molar-refractivity contribution in [3.63, 3.8) is 0 Å². The van der Waals surface area contributed by atoms with E-state index in [0.717, 1.165) is 9.35 Å². The van der Waals surface area contributed by atoms with E-state index in [1.807, 2.05) is 36.4 Å². The number of carbonyl (C=O) groups is 1. The highest BCUT2D eigenvalue weighted by molar-refractivity contribution is 9.11. The van der Waals surface area contributed by atoms with Crippen molar-refractivity contribution in [3.8, 4) is 0 Å². The van der Waals surface area contributed by atoms with Gasteiger partial charge in [-0.3, -0.25) is 4.79 Å². The first-order chi connectivity index (χ1) is 9.08. The number of thiophene rings is 1. The fourth-order valence-corrected chi connectivity index (χ4v) is 3.09. The molecule has 0 aliphatic carbocycles. The normalized spacial score (nSPS) is 11.8. The zero-order chi connectivity index (χ0) is 13.8. The summed E-state index contributed by atoms with van der Waals surface area (Å²) < 4.78 is 0.907. The van der Waals surface area contributed by atoms with Crippen molar-refractivity contribution >= 4 is 50.4 Å². The summed E-state index contributed by atoms with van der Waals surface area (Å²) in [6.07, 6.45) is 0. The quantitative estimate of drug-likeness (QED) is 0.828. The lowest BCUT2D eigenvalue weighted by Gasteiger charge is -2.17. The van der Waals surface area contributed by atoms with Gasteiger partial charge in [0.05, 0.1) is 8.66 Å². The second-order valence-electron chi connectivity index (χ2n) is 3.82. The Hall–Kier alpha value is -1.24. The minimum atomic E-state index is -0.454. The number of nitrogens with one attached hydrogen (secondary N) is 1. The molecule has 19 heavy (non-hydrogen) atoms. The van der Waals surface area contributed by atoms with E-state index in [1.165, 1.54) is 11.3 Å². The number of thiocarbonyl (C=S) groups is 1. The Balaban J connectivity index is 2.18. The Morgan fingerprint density at radius 1 is 1.26 bits per heavy atom. The molecule has 2 rings (SSSR count). The molecule has 2 aromatic rings. The average molecular weight is 355 g/mol. The van der Waals surface area contributed by atoms with Gasteiger partial charge in [-0.2, -0.15) is 0 Å². The molecule has 6 heteroatoms. The van der Waals surface area contributed by atoms with E-state index < -0.39 is 6.04 Å². The molecule has 3 nitrogen and oxygen atoms in total. The third kappa shape index (κ3) is 3.62. The molecule has 0 fully saturated rings. The van der Waals surface area contributed by atoms with E-state index in [0.29, 0.717) is 4.88 Å². The summed E-state index contributed by atoms with van der Waals surface area (Å²) in [6, 6.07) is 12.6. The van der Waals surface area contributed by atoms with Crippen molar-refractivity contribution in [2.45, 2.75) is 6.04 Å². The lowest BCUT2D eigenvalue weighted by atomic mass is 10.1. The maximum Gasteiger partial charge on any atom is 0.262 e. The van der Waals surface area contributed by atoms with Gasteiger partial charge in [0.1, 0.15) is 11.0 Å². The highest BCUT2D eigenvalue weighted by Crippen LogP contribution is 2.23. The van der Waals surface area contributed by atoms with E-state index in [1.54, 1.807) is 6.07 Å². The molecule has 0 radical (unpaired) electrons. The molecule has 1 amide bonds. The summed E-state index contributed by atoms with van der Waals surface area (Å²) >= 11 is 9.72. The Morgan fingerprint density at radius 2 is 1.95 bits per heavy atom. The number of nitrogens with two attached hydrogens (primary N) is 1. The van der Waals surface area contributed by atoms with E-state index in [2.05, 4.69) is 21.2 Å². The van der Waals surface area contributed by atoms with Crippen molar-refractivity contribution in [3.05, 3.63) is 56.7 Å². The molecule has 3 N–H and O–H groups in total. The number of halogens is 1. The molecule has 1 aromatic carbocycles. The molecule has 0 bridgehead atoms. The van der Waals surface area contributed by atoms with Gasteiger partial charge in [0.25, 0.3) is 5.91 Å².